The number of hydrogen-bond donors (Lipinski definition) is 1. The lowest BCUT2D eigenvalue weighted by atomic mass is 9.94. The Morgan fingerprint density at radius 3 is 2.40 bits per heavy atom. The maximum atomic E-state index is 12.5. The Morgan fingerprint density at radius 2 is 1.75 bits per heavy atom. The van der Waals surface area contributed by atoms with Crippen LogP contribution < -0.4 is 5.73 Å². The number of anilines is 1. The molecule has 0 aromatic heterocycles. The van der Waals surface area contributed by atoms with Crippen LogP contribution in [0.5, 0.6) is 0 Å². The fourth-order valence-electron chi connectivity index (χ4n) is 3.15. The average Bonchev–Trinajstić information content (AvgIpc) is 2.71. The van der Waals surface area contributed by atoms with Crippen LogP contribution in [0.15, 0.2) is 18.2 Å². The van der Waals surface area contributed by atoms with Crippen LogP contribution >= 0.6 is 11.8 Å². The van der Waals surface area contributed by atoms with Crippen molar-refractivity contribution in [1.29, 1.82) is 0 Å². The van der Waals surface area contributed by atoms with Crippen molar-refractivity contribution in [2.75, 3.05) is 12.0 Å². The molecule has 1 aliphatic heterocycles. The maximum Gasteiger partial charge on any atom is 0.261 e. The third-order valence-electron chi connectivity index (χ3n) is 4.28. The van der Waals surface area contributed by atoms with Crippen LogP contribution in [0.1, 0.15) is 46.4 Å². The molecule has 0 bridgehead atoms. The van der Waals surface area contributed by atoms with E-state index >= 15 is 0 Å². The summed E-state index contributed by atoms with van der Waals surface area (Å²) in [4.78, 5) is 26.3. The normalized spacial score (nSPS) is 25.9. The first-order valence-electron chi connectivity index (χ1n) is 6.92. The van der Waals surface area contributed by atoms with E-state index in [0.29, 0.717) is 22.1 Å². The number of nitrogen functional groups attached to an aromatic ring is 1. The lowest BCUT2D eigenvalue weighted by Gasteiger charge is -2.32. The Kier molecular flexibility index (Phi) is 3.46. The molecule has 4 nitrogen and oxygen atoms in total. The van der Waals surface area contributed by atoms with Crippen molar-refractivity contribution in [3.05, 3.63) is 29.3 Å². The van der Waals surface area contributed by atoms with Gasteiger partial charge in [-0.3, -0.25) is 14.5 Å². The zero-order valence-corrected chi connectivity index (χ0v) is 12.3. The van der Waals surface area contributed by atoms with Crippen molar-refractivity contribution >= 4 is 29.3 Å². The van der Waals surface area contributed by atoms with E-state index in [-0.39, 0.29) is 17.9 Å². The van der Waals surface area contributed by atoms with Crippen LogP contribution in [-0.2, 0) is 0 Å². The minimum Gasteiger partial charge on any atom is -0.399 e. The summed E-state index contributed by atoms with van der Waals surface area (Å²) in [6, 6.07) is 5.01. The quantitative estimate of drug-likeness (QED) is 0.671. The molecule has 0 saturated heterocycles. The molecule has 0 unspecified atom stereocenters. The number of fused-ring (bicyclic) bond motifs is 1. The average molecular weight is 290 g/mol. The Hall–Kier alpha value is -1.49. The van der Waals surface area contributed by atoms with Gasteiger partial charge in [0.15, 0.2) is 0 Å². The molecule has 2 amide bonds. The number of carbonyl (C=O) groups is 2. The predicted molar refractivity (Wildman–Crippen MR) is 80.9 cm³/mol. The third-order valence-corrected chi connectivity index (χ3v) is 5.42. The standard InChI is InChI=1S/C15H18N2O2S/c1-20-11-5-3-10(4-6-11)17-14(18)12-7-2-9(16)8-13(12)15(17)19/h2,7-8,10-11H,3-6,16H2,1H3. The van der Waals surface area contributed by atoms with Crippen LogP contribution in [0.4, 0.5) is 5.69 Å². The lowest BCUT2D eigenvalue weighted by Crippen LogP contribution is -2.42. The monoisotopic (exact) mass is 290 g/mol. The molecule has 0 atom stereocenters. The predicted octanol–water partition coefficient (Wildman–Crippen LogP) is 2.54. The van der Waals surface area contributed by atoms with E-state index in [0.717, 1.165) is 25.7 Å². The van der Waals surface area contributed by atoms with Crippen molar-refractivity contribution in [3.8, 4) is 0 Å². The Morgan fingerprint density at radius 1 is 1.10 bits per heavy atom. The van der Waals surface area contributed by atoms with Crippen molar-refractivity contribution in [2.24, 2.45) is 0 Å². The van der Waals surface area contributed by atoms with Crippen LogP contribution in [0.25, 0.3) is 0 Å². The van der Waals surface area contributed by atoms with Gasteiger partial charge in [-0.2, -0.15) is 11.8 Å². The number of hydrogen-bond acceptors (Lipinski definition) is 4. The van der Waals surface area contributed by atoms with Crippen molar-refractivity contribution < 1.29 is 9.59 Å². The smallest absolute Gasteiger partial charge is 0.261 e. The first kappa shape index (κ1) is 13.5. The lowest BCUT2D eigenvalue weighted by molar-refractivity contribution is 0.0550. The first-order valence-corrected chi connectivity index (χ1v) is 8.21. The van der Waals surface area contributed by atoms with Gasteiger partial charge in [-0.1, -0.05) is 0 Å². The van der Waals surface area contributed by atoms with E-state index in [2.05, 4.69) is 6.26 Å². The van der Waals surface area contributed by atoms with E-state index in [9.17, 15) is 9.59 Å². The van der Waals surface area contributed by atoms with Gasteiger partial charge in [0.05, 0.1) is 11.1 Å². The summed E-state index contributed by atoms with van der Waals surface area (Å²) in [5.74, 6) is -0.331. The SMILES string of the molecule is CSC1CCC(N2C(=O)c3ccc(N)cc3C2=O)CC1. The summed E-state index contributed by atoms with van der Waals surface area (Å²) in [6.45, 7) is 0. The highest BCUT2D eigenvalue weighted by atomic mass is 32.2. The highest BCUT2D eigenvalue weighted by Crippen LogP contribution is 2.34. The van der Waals surface area contributed by atoms with Gasteiger partial charge < -0.3 is 5.73 Å². The first-order chi connectivity index (χ1) is 9.61. The van der Waals surface area contributed by atoms with E-state index in [1.165, 1.54) is 4.90 Å². The molecule has 1 aromatic rings. The van der Waals surface area contributed by atoms with Gasteiger partial charge in [-0.15, -0.1) is 0 Å². The number of nitrogens with zero attached hydrogens (tertiary/aromatic N) is 1. The van der Waals surface area contributed by atoms with Crippen LogP contribution in [0.3, 0.4) is 0 Å². The van der Waals surface area contributed by atoms with E-state index in [4.69, 9.17) is 5.73 Å². The summed E-state index contributed by atoms with van der Waals surface area (Å²) in [5.41, 5.74) is 7.20. The summed E-state index contributed by atoms with van der Waals surface area (Å²) < 4.78 is 0. The molecule has 5 heteroatoms. The van der Waals surface area contributed by atoms with E-state index in [1.807, 2.05) is 11.8 Å². The van der Waals surface area contributed by atoms with Gasteiger partial charge in [-0.25, -0.2) is 0 Å². The number of carbonyl (C=O) groups excluding carboxylic acids is 2. The fourth-order valence-corrected chi connectivity index (χ4v) is 3.89. The highest BCUT2D eigenvalue weighted by Gasteiger charge is 2.40. The zero-order valence-electron chi connectivity index (χ0n) is 11.5. The van der Waals surface area contributed by atoms with Crippen molar-refractivity contribution in [2.45, 2.75) is 37.0 Å². The minimum absolute atomic E-state index is 0.0482. The van der Waals surface area contributed by atoms with Gasteiger partial charge in [0.25, 0.3) is 11.8 Å². The Labute approximate surface area is 122 Å². The third kappa shape index (κ3) is 2.10. The number of nitrogens with two attached hydrogens (primary N) is 1. The molecule has 1 heterocycles. The summed E-state index contributed by atoms with van der Waals surface area (Å²) in [7, 11) is 0. The van der Waals surface area contributed by atoms with Crippen molar-refractivity contribution in [3.63, 3.8) is 0 Å². The molecule has 3 rings (SSSR count). The van der Waals surface area contributed by atoms with Crippen molar-refractivity contribution in [1.82, 2.24) is 4.90 Å². The molecule has 1 fully saturated rings. The van der Waals surface area contributed by atoms with E-state index in [1.54, 1.807) is 18.2 Å². The number of thioether (sulfide) groups is 1. The van der Waals surface area contributed by atoms with Gasteiger partial charge in [0.1, 0.15) is 0 Å². The number of imide groups is 1. The molecule has 20 heavy (non-hydrogen) atoms. The van der Waals surface area contributed by atoms with E-state index < -0.39 is 0 Å². The second-order valence-electron chi connectivity index (χ2n) is 5.45. The highest BCUT2D eigenvalue weighted by molar-refractivity contribution is 7.99. The summed E-state index contributed by atoms with van der Waals surface area (Å²) in [5, 5.41) is 0.664. The molecular formula is C15H18N2O2S. The second kappa shape index (κ2) is 5.13. The molecular weight excluding hydrogens is 272 g/mol. The zero-order chi connectivity index (χ0) is 14.3. The molecule has 1 aliphatic carbocycles. The molecule has 1 saturated carbocycles. The number of amides is 2. The van der Waals surface area contributed by atoms with Crippen LogP contribution in [0.2, 0.25) is 0 Å². The van der Waals surface area contributed by atoms with Gasteiger partial charge in [-0.05, 0) is 50.1 Å². The maximum absolute atomic E-state index is 12.5. The molecule has 2 aliphatic rings. The molecule has 2 N–H and O–H groups in total. The second-order valence-corrected chi connectivity index (χ2v) is 6.59. The van der Waals surface area contributed by atoms with Crippen LogP contribution in [0, 0.1) is 0 Å². The minimum atomic E-state index is -0.176. The summed E-state index contributed by atoms with van der Waals surface area (Å²) >= 11 is 1.88. The van der Waals surface area contributed by atoms with Gasteiger partial charge in [0.2, 0.25) is 0 Å². The molecule has 106 valence electrons. The topological polar surface area (TPSA) is 63.4 Å². The Bertz CT molecular complexity index is 565. The number of rotatable bonds is 2. The largest absolute Gasteiger partial charge is 0.399 e. The summed E-state index contributed by atoms with van der Waals surface area (Å²) in [6.07, 6.45) is 6.08. The van der Waals surface area contributed by atoms with Crippen LogP contribution in [-0.4, -0.2) is 34.3 Å². The Balaban J connectivity index is 1.83. The fraction of sp³-hybridized carbons (Fsp3) is 0.467. The number of benzene rings is 1. The molecule has 0 radical (unpaired) electrons. The molecule has 0 spiro atoms. The van der Waals surface area contributed by atoms with Gasteiger partial charge in [0, 0.05) is 17.0 Å². The van der Waals surface area contributed by atoms with Gasteiger partial charge >= 0.3 is 0 Å². The molecule has 1 aromatic carbocycles.